The maximum Gasteiger partial charge on any atom is 0.473 e. The van der Waals surface area contributed by atoms with Crippen molar-refractivity contribution in [3.8, 4) is 5.75 Å². The third-order valence-electron chi connectivity index (χ3n) is 5.59. The van der Waals surface area contributed by atoms with Crippen LogP contribution in [0, 0.1) is 0 Å². The highest BCUT2D eigenvalue weighted by Crippen LogP contribution is 2.67. The molecule has 28 heteroatoms. The van der Waals surface area contributed by atoms with Crippen molar-refractivity contribution in [1.29, 1.82) is 0 Å². The van der Waals surface area contributed by atoms with E-state index >= 15 is 0 Å². The minimum absolute atomic E-state index is 0.111. The molecule has 0 atom stereocenters. The van der Waals surface area contributed by atoms with Gasteiger partial charge in [0, 0.05) is 0 Å². The standard InChI is InChI=1S/C19H5F25O3/c20-8(21,10(24,25)12(28,29)14(32,33)16(36,37)18(40,41)42)9(22,23)11(26,27)13(30,31)15(34,35)17(38,39)19(43,44)47-7(46)5-1-3-6(45)4-2-5/h1-4,45H. The number of ether oxygens (including phenoxy) is 1. The second-order valence-corrected chi connectivity index (χ2v) is 8.69. The number of alkyl halides is 25. The SMILES string of the molecule is O=C(OC(F)(F)C(F)(F)C(F)(F)C(F)(F)C(F)(F)C(F)(F)C(F)(F)C(F)(F)C(F)(F)C(F)(F)C(F)(F)C(F)(F)F)c1ccc(O)cc1. The maximum atomic E-state index is 13.9. The Morgan fingerprint density at radius 3 is 0.894 bits per heavy atom. The quantitative estimate of drug-likeness (QED) is 0.171. The molecule has 3 nitrogen and oxygen atoms in total. The molecule has 0 aliphatic rings. The molecule has 1 rings (SSSR count). The molecule has 0 unspecified atom stereocenters. The Bertz CT molecular complexity index is 1310. The van der Waals surface area contributed by atoms with Crippen LogP contribution in [0.4, 0.5) is 110 Å². The molecule has 0 aliphatic heterocycles. The lowest BCUT2D eigenvalue weighted by Crippen LogP contribution is -2.78. The van der Waals surface area contributed by atoms with Gasteiger partial charge in [0.05, 0.1) is 5.56 Å². The fourth-order valence-electron chi connectivity index (χ4n) is 2.78. The van der Waals surface area contributed by atoms with Gasteiger partial charge in [-0.25, -0.2) is 4.79 Å². The van der Waals surface area contributed by atoms with E-state index in [9.17, 15) is 115 Å². The summed E-state index contributed by atoms with van der Waals surface area (Å²) < 4.78 is 338. The van der Waals surface area contributed by atoms with Gasteiger partial charge in [0.15, 0.2) is 0 Å². The number of rotatable bonds is 12. The van der Waals surface area contributed by atoms with Crippen molar-refractivity contribution in [3.63, 3.8) is 0 Å². The number of carbonyl (C=O) groups is 1. The molecule has 274 valence electrons. The monoisotopic (exact) mass is 756 g/mol. The van der Waals surface area contributed by atoms with Crippen molar-refractivity contribution in [2.45, 2.75) is 71.5 Å². The molecule has 0 heterocycles. The number of carbonyl (C=O) groups excluding carboxylic acids is 1. The van der Waals surface area contributed by atoms with Gasteiger partial charge >= 0.3 is 77.5 Å². The summed E-state index contributed by atoms with van der Waals surface area (Å²) >= 11 is 0. The first-order valence-electron chi connectivity index (χ1n) is 10.4. The largest absolute Gasteiger partial charge is 0.508 e. The van der Waals surface area contributed by atoms with Crippen LogP contribution >= 0.6 is 0 Å². The molecule has 0 radical (unpaired) electrons. The van der Waals surface area contributed by atoms with Gasteiger partial charge in [-0.1, -0.05) is 0 Å². The van der Waals surface area contributed by atoms with Crippen LogP contribution in [-0.2, 0) is 4.74 Å². The number of phenols is 1. The van der Waals surface area contributed by atoms with E-state index in [-0.39, 0.29) is 12.1 Å². The van der Waals surface area contributed by atoms with Gasteiger partial charge in [-0.15, -0.1) is 0 Å². The van der Waals surface area contributed by atoms with Crippen molar-refractivity contribution < 1.29 is 124 Å². The fourth-order valence-corrected chi connectivity index (χ4v) is 2.78. The van der Waals surface area contributed by atoms with Gasteiger partial charge in [0.2, 0.25) is 0 Å². The second-order valence-electron chi connectivity index (χ2n) is 8.69. The van der Waals surface area contributed by atoms with Crippen molar-refractivity contribution in [2.75, 3.05) is 0 Å². The van der Waals surface area contributed by atoms with Crippen LogP contribution in [0.15, 0.2) is 24.3 Å². The summed E-state index contributed by atoms with van der Waals surface area (Å²) in [6.45, 7) is 0. The molecule has 0 fully saturated rings. The van der Waals surface area contributed by atoms with Crippen molar-refractivity contribution in [2.24, 2.45) is 0 Å². The normalized spacial score (nSPS) is 15.9. The number of phenolic OH excluding ortho intramolecular Hbond substituents is 1. The Labute approximate surface area is 238 Å². The van der Waals surface area contributed by atoms with Crippen LogP contribution in [0.1, 0.15) is 10.4 Å². The average molecular weight is 756 g/mol. The lowest BCUT2D eigenvalue weighted by Gasteiger charge is -2.45. The lowest BCUT2D eigenvalue weighted by molar-refractivity contribution is -0.487. The fraction of sp³-hybridized carbons (Fsp3) is 0.632. The van der Waals surface area contributed by atoms with Gasteiger partial charge in [-0.2, -0.15) is 110 Å². The lowest BCUT2D eigenvalue weighted by atomic mass is 9.85. The molecule has 0 aliphatic carbocycles. The molecule has 1 aromatic carbocycles. The molecule has 0 spiro atoms. The third kappa shape index (κ3) is 5.39. The van der Waals surface area contributed by atoms with Crippen LogP contribution in [0.25, 0.3) is 0 Å². The third-order valence-corrected chi connectivity index (χ3v) is 5.59. The summed E-state index contributed by atoms with van der Waals surface area (Å²) in [6, 6.07) is 0.856. The first-order chi connectivity index (χ1) is 20.1. The van der Waals surface area contributed by atoms with Crippen molar-refractivity contribution in [3.05, 3.63) is 29.8 Å². The van der Waals surface area contributed by atoms with Gasteiger partial charge < -0.3 is 9.84 Å². The Morgan fingerprint density at radius 1 is 0.404 bits per heavy atom. The molecule has 1 N–H and O–H groups in total. The Balaban J connectivity index is 3.80. The number of hydrogen-bond donors (Lipinski definition) is 1. The first-order valence-corrected chi connectivity index (χ1v) is 10.4. The van der Waals surface area contributed by atoms with E-state index in [1.165, 1.54) is 0 Å². The average Bonchev–Trinajstić information content (AvgIpc) is 2.86. The van der Waals surface area contributed by atoms with Gasteiger partial charge in [-0.05, 0) is 24.3 Å². The van der Waals surface area contributed by atoms with E-state index < -0.39 is 88.8 Å². The van der Waals surface area contributed by atoms with Crippen LogP contribution in [-0.4, -0.2) is 82.6 Å². The Morgan fingerprint density at radius 2 is 0.638 bits per heavy atom. The Kier molecular flexibility index (Phi) is 9.66. The zero-order valence-electron chi connectivity index (χ0n) is 20.5. The highest BCUT2D eigenvalue weighted by molar-refractivity contribution is 5.89. The highest BCUT2D eigenvalue weighted by atomic mass is 19.4. The van der Waals surface area contributed by atoms with Gasteiger partial charge in [0.1, 0.15) is 5.75 Å². The molecule has 0 aromatic heterocycles. The van der Waals surface area contributed by atoms with E-state index in [4.69, 9.17) is 5.11 Å². The summed E-state index contributed by atoms with van der Waals surface area (Å²) in [7, 11) is 0. The van der Waals surface area contributed by atoms with E-state index in [0.717, 1.165) is 0 Å². The zero-order chi connectivity index (χ0) is 38.3. The topological polar surface area (TPSA) is 46.5 Å². The molecule has 0 amide bonds. The summed E-state index contributed by atoms with van der Waals surface area (Å²) in [6.07, 6.45) is -15.9. The number of esters is 1. The second kappa shape index (κ2) is 10.9. The molecule has 1 aromatic rings. The molecule has 0 saturated carbocycles. The number of aromatic hydroxyl groups is 1. The summed E-state index contributed by atoms with van der Waals surface area (Å²) in [5, 5.41) is 8.91. The number of hydrogen-bond acceptors (Lipinski definition) is 3. The predicted octanol–water partition coefficient (Wildman–Crippen LogP) is 9.06. The minimum Gasteiger partial charge on any atom is -0.508 e. The number of benzene rings is 1. The van der Waals surface area contributed by atoms with E-state index in [1.807, 2.05) is 0 Å². The van der Waals surface area contributed by atoms with Crippen LogP contribution in [0.3, 0.4) is 0 Å². The van der Waals surface area contributed by atoms with E-state index in [0.29, 0.717) is 12.1 Å². The Hall–Kier alpha value is -3.26. The predicted molar refractivity (Wildman–Crippen MR) is 94.0 cm³/mol. The van der Waals surface area contributed by atoms with Crippen LogP contribution in [0.2, 0.25) is 0 Å². The zero-order valence-corrected chi connectivity index (χ0v) is 20.5. The molecular weight excluding hydrogens is 751 g/mol. The summed E-state index contributed by atoms with van der Waals surface area (Å²) in [5.41, 5.74) is -1.51. The minimum atomic E-state index is -9.70. The van der Waals surface area contributed by atoms with Crippen molar-refractivity contribution in [1.82, 2.24) is 0 Å². The highest BCUT2D eigenvalue weighted by Gasteiger charge is 2.99. The van der Waals surface area contributed by atoms with E-state index in [1.54, 1.807) is 0 Å². The molecule has 47 heavy (non-hydrogen) atoms. The molecule has 0 saturated heterocycles. The molecular formula is C19H5F25O3. The summed E-state index contributed by atoms with van der Waals surface area (Å²) in [5.74, 6) is -96.9. The van der Waals surface area contributed by atoms with Gasteiger partial charge in [0.25, 0.3) is 0 Å². The van der Waals surface area contributed by atoms with E-state index in [2.05, 4.69) is 4.74 Å². The van der Waals surface area contributed by atoms with Crippen LogP contribution in [0.5, 0.6) is 5.75 Å². The maximum absolute atomic E-state index is 13.9. The number of halogens is 25. The van der Waals surface area contributed by atoms with Crippen molar-refractivity contribution >= 4 is 5.97 Å². The first kappa shape index (κ1) is 41.8. The van der Waals surface area contributed by atoms with Gasteiger partial charge in [-0.3, -0.25) is 0 Å². The van der Waals surface area contributed by atoms with Crippen LogP contribution < -0.4 is 0 Å². The summed E-state index contributed by atoms with van der Waals surface area (Å²) in [4.78, 5) is 11.4. The smallest absolute Gasteiger partial charge is 0.473 e. The molecule has 0 bridgehead atoms.